The molecule has 58 heavy (non-hydrogen) atoms. The molecular formula is C44H28N2O12. The van der Waals surface area contributed by atoms with Gasteiger partial charge in [-0.2, -0.15) is 5.26 Å². The zero-order valence-electron chi connectivity index (χ0n) is 29.9. The number of rotatable bonds is 9. The van der Waals surface area contributed by atoms with Crippen LogP contribution in [0.2, 0.25) is 0 Å². The first-order valence-electron chi connectivity index (χ1n) is 17.1. The predicted molar refractivity (Wildman–Crippen MR) is 212 cm³/mol. The molecule has 0 radical (unpaired) electrons. The van der Waals surface area contributed by atoms with E-state index in [4.69, 9.17) is 15.0 Å². The van der Waals surface area contributed by atoms with Crippen LogP contribution in [0.1, 0.15) is 58.1 Å². The molecule has 14 heteroatoms. The van der Waals surface area contributed by atoms with Gasteiger partial charge >= 0.3 is 17.9 Å². The van der Waals surface area contributed by atoms with E-state index < -0.39 is 33.5 Å². The van der Waals surface area contributed by atoms with E-state index in [1.165, 1.54) is 78.9 Å². The number of hydrogen-bond acceptors (Lipinski definition) is 12. The number of benzene rings is 7. The quantitative estimate of drug-likeness (QED) is 0.0479. The van der Waals surface area contributed by atoms with Gasteiger partial charge in [0.25, 0.3) is 11.4 Å². The summed E-state index contributed by atoms with van der Waals surface area (Å²) in [7, 11) is 0. The zero-order chi connectivity index (χ0) is 41.2. The van der Waals surface area contributed by atoms with E-state index in [9.17, 15) is 39.4 Å². The van der Waals surface area contributed by atoms with Gasteiger partial charge in [0.05, 0.1) is 26.5 Å². The molecule has 0 aromatic heterocycles. The molecule has 0 heterocycles. The van der Waals surface area contributed by atoms with Gasteiger partial charge in [0.2, 0.25) is 0 Å². The Labute approximate surface area is 327 Å². The molecule has 0 aliphatic carbocycles. The van der Waals surface area contributed by atoms with E-state index in [1.807, 2.05) is 60.7 Å². The number of non-ortho nitro benzene ring substituents is 2. The summed E-state index contributed by atoms with van der Waals surface area (Å²) in [6, 6.07) is 40.2. The summed E-state index contributed by atoms with van der Waals surface area (Å²) in [4.78, 5) is 83.7. The zero-order valence-corrected chi connectivity index (χ0v) is 29.9. The maximum atomic E-state index is 13.0. The van der Waals surface area contributed by atoms with Crippen LogP contribution in [0.5, 0.6) is 0 Å². The lowest BCUT2D eigenvalue weighted by atomic mass is 9.93. The third-order valence-electron chi connectivity index (χ3n) is 8.75. The van der Waals surface area contributed by atoms with Crippen molar-refractivity contribution in [3.05, 3.63) is 211 Å². The fraction of sp³-hybridized carbons (Fsp3) is 0. The van der Waals surface area contributed by atoms with Gasteiger partial charge < -0.3 is 0 Å². The minimum absolute atomic E-state index is 0.0833. The molecule has 7 aromatic carbocycles. The van der Waals surface area contributed by atoms with Crippen LogP contribution in [0.3, 0.4) is 0 Å². The van der Waals surface area contributed by atoms with Gasteiger partial charge in [0.15, 0.2) is 5.78 Å². The first-order chi connectivity index (χ1) is 28.0. The molecular weight excluding hydrogens is 748 g/mol. The molecule has 0 aliphatic rings. The molecule has 7 aromatic rings. The Morgan fingerprint density at radius 1 is 0.483 bits per heavy atom. The summed E-state index contributed by atoms with van der Waals surface area (Å²) < 4.78 is 0. The highest BCUT2D eigenvalue weighted by Gasteiger charge is 2.21. The monoisotopic (exact) mass is 776 g/mol. The van der Waals surface area contributed by atoms with Crippen molar-refractivity contribution in [1.29, 1.82) is 0 Å². The number of nitro benzene ring substituents is 2. The van der Waals surface area contributed by atoms with Gasteiger partial charge in [-0.1, -0.05) is 97.1 Å². The van der Waals surface area contributed by atoms with E-state index in [1.54, 1.807) is 24.3 Å². The summed E-state index contributed by atoms with van der Waals surface area (Å²) in [6.45, 7) is 0. The summed E-state index contributed by atoms with van der Waals surface area (Å²) in [5.41, 5.74) is 1.22. The van der Waals surface area contributed by atoms with Crippen molar-refractivity contribution in [1.82, 2.24) is 0 Å². The average Bonchev–Trinajstić information content (AvgIpc) is 3.26. The molecule has 0 saturated carbocycles. The number of fused-ring (bicyclic) bond motifs is 2. The predicted octanol–water partition coefficient (Wildman–Crippen LogP) is 9.46. The van der Waals surface area contributed by atoms with Crippen molar-refractivity contribution in [3.63, 3.8) is 0 Å². The van der Waals surface area contributed by atoms with Gasteiger partial charge in [0.1, 0.15) is 0 Å². The maximum Gasteiger partial charge on any atom is 0.386 e. The third-order valence-corrected chi connectivity index (χ3v) is 8.75. The molecule has 286 valence electrons. The molecule has 0 atom stereocenters. The number of carbonyl (C=O) groups excluding carboxylic acids is 4. The van der Waals surface area contributed by atoms with Crippen LogP contribution in [-0.4, -0.2) is 38.8 Å². The number of nitro groups is 2. The Bertz CT molecular complexity index is 2640. The highest BCUT2D eigenvalue weighted by Crippen LogP contribution is 2.25. The number of hydrogen-bond donors (Lipinski definition) is 1. The van der Waals surface area contributed by atoms with Crippen molar-refractivity contribution in [2.24, 2.45) is 0 Å². The van der Waals surface area contributed by atoms with E-state index in [2.05, 4.69) is 4.89 Å². The minimum atomic E-state index is -1.09. The first-order valence-corrected chi connectivity index (χ1v) is 17.1. The van der Waals surface area contributed by atoms with Crippen LogP contribution in [-0.2, 0) is 14.7 Å². The summed E-state index contributed by atoms with van der Waals surface area (Å²) in [5, 5.41) is 33.7. The molecule has 14 nitrogen and oxygen atoms in total. The largest absolute Gasteiger partial charge is 0.386 e. The lowest BCUT2D eigenvalue weighted by molar-refractivity contribution is -0.385. The second-order valence-electron chi connectivity index (χ2n) is 12.3. The minimum Gasteiger partial charge on any atom is -0.295 e. The second kappa shape index (κ2) is 17.9. The van der Waals surface area contributed by atoms with Crippen molar-refractivity contribution in [2.75, 3.05) is 0 Å². The summed E-state index contributed by atoms with van der Waals surface area (Å²) in [6.07, 6.45) is 2.96. The molecule has 1 N–H and O–H groups in total. The summed E-state index contributed by atoms with van der Waals surface area (Å²) >= 11 is 0. The second-order valence-corrected chi connectivity index (χ2v) is 12.3. The molecule has 7 rings (SSSR count). The van der Waals surface area contributed by atoms with Crippen LogP contribution in [0.25, 0.3) is 33.7 Å². The molecule has 0 spiro atoms. The van der Waals surface area contributed by atoms with Crippen molar-refractivity contribution >= 4 is 68.8 Å². The lowest BCUT2D eigenvalue weighted by Gasteiger charge is -2.10. The van der Waals surface area contributed by atoms with Crippen molar-refractivity contribution in [2.45, 2.75) is 0 Å². The molecule has 0 unspecified atom stereocenters. The topological polar surface area (TPSA) is 202 Å². The van der Waals surface area contributed by atoms with Crippen LogP contribution < -0.4 is 0 Å². The van der Waals surface area contributed by atoms with Gasteiger partial charge in [-0.3, -0.25) is 29.9 Å². The molecule has 0 fully saturated rings. The number of nitrogens with zero attached hydrogens (tertiary/aromatic N) is 2. The van der Waals surface area contributed by atoms with Gasteiger partial charge in [0, 0.05) is 41.0 Å². The Morgan fingerprint density at radius 2 is 0.914 bits per heavy atom. The highest BCUT2D eigenvalue weighted by atomic mass is 17.2. The Kier molecular flexibility index (Phi) is 12.1. The molecule has 0 aliphatic heterocycles. The molecule has 0 saturated heterocycles. The third kappa shape index (κ3) is 8.94. The van der Waals surface area contributed by atoms with Crippen LogP contribution in [0, 0.1) is 20.2 Å². The Balaban J connectivity index is 0.000000199. The fourth-order valence-electron chi connectivity index (χ4n) is 5.92. The summed E-state index contributed by atoms with van der Waals surface area (Å²) in [5.74, 6) is -3.03. The number of ketones is 1. The smallest absolute Gasteiger partial charge is 0.295 e. The standard InChI is InChI=1S/C22H14N2O8.C22H14O4/c25-21(15-7-11-17(12-8-15)24(29)30)19-2-1-3-20(22(26)32-31)18(19)13-6-14-4-9-16(10-5-14)23(27)28;23-21(19-13-5-9-15-7-1-3-11-17(15)19)25-26-22(24)20-14-6-10-16-8-2-4-12-18(16)20/h1-13,31H;1-14H/b13-6+;. The maximum absolute atomic E-state index is 13.0. The fourth-order valence-corrected chi connectivity index (χ4v) is 5.92. The van der Waals surface area contributed by atoms with Gasteiger partial charge in [-0.25, -0.2) is 24.2 Å². The van der Waals surface area contributed by atoms with E-state index in [-0.39, 0.29) is 33.6 Å². The average molecular weight is 777 g/mol. The van der Waals surface area contributed by atoms with E-state index in [0.29, 0.717) is 16.7 Å². The first kappa shape index (κ1) is 39.3. The Morgan fingerprint density at radius 3 is 1.41 bits per heavy atom. The van der Waals surface area contributed by atoms with Crippen LogP contribution in [0.4, 0.5) is 11.4 Å². The number of carbonyl (C=O) groups is 4. The van der Waals surface area contributed by atoms with E-state index in [0.717, 1.165) is 21.5 Å². The highest BCUT2D eigenvalue weighted by molar-refractivity contribution is 6.13. The Hall–Kier alpha value is -8.36. The van der Waals surface area contributed by atoms with Gasteiger partial charge in [-0.05, 0) is 69.6 Å². The van der Waals surface area contributed by atoms with Crippen LogP contribution in [0.15, 0.2) is 152 Å². The van der Waals surface area contributed by atoms with Crippen molar-refractivity contribution in [3.8, 4) is 0 Å². The van der Waals surface area contributed by atoms with Gasteiger partial charge in [-0.15, -0.1) is 0 Å². The normalized spacial score (nSPS) is 10.6. The van der Waals surface area contributed by atoms with Crippen molar-refractivity contribution < 1.29 is 48.9 Å². The molecule has 0 amide bonds. The SMILES string of the molecule is O=C(OO)c1cccc(C(=O)c2ccc([N+](=O)[O-])cc2)c1/C=C/c1ccc([N+](=O)[O-])cc1.O=C(OOC(=O)c1cccc2ccccc12)c1cccc2ccccc12. The molecule has 0 bridgehead atoms. The van der Waals surface area contributed by atoms with Crippen LogP contribution >= 0.6 is 0 Å². The van der Waals surface area contributed by atoms with E-state index >= 15 is 0 Å². The lowest BCUT2D eigenvalue weighted by Crippen LogP contribution is -2.12.